The Balaban J connectivity index is 1.84. The molecule has 0 atom stereocenters. The van der Waals surface area contributed by atoms with E-state index in [0.717, 1.165) is 0 Å². The van der Waals surface area contributed by atoms with Crippen LogP contribution in [0, 0.1) is 0 Å². The molecule has 0 bridgehead atoms. The van der Waals surface area contributed by atoms with E-state index in [-0.39, 0.29) is 0 Å². The van der Waals surface area contributed by atoms with Crippen molar-refractivity contribution in [2.75, 3.05) is 0 Å². The number of hydrogen-bond donors (Lipinski definition) is 0. The SMILES string of the molecule is CC([O][Sn]([c]1ccccc1)[c]1ccccc1)(c1ccccc1)c1ccccc1. The summed E-state index contributed by atoms with van der Waals surface area (Å²) in [5.74, 6) is 0. The fraction of sp³-hybridized carbons (Fsp3) is 0.0769. The van der Waals surface area contributed by atoms with E-state index in [2.05, 4.69) is 128 Å². The minimum atomic E-state index is -2.64. The molecule has 0 aliphatic heterocycles. The molecular weight excluding hydrogens is 447 g/mol. The Labute approximate surface area is 174 Å². The molecule has 0 saturated heterocycles. The summed E-state index contributed by atoms with van der Waals surface area (Å²) in [6, 6.07) is 42.7. The first-order valence-corrected chi connectivity index (χ1v) is 13.6. The summed E-state index contributed by atoms with van der Waals surface area (Å²) in [6.45, 7) is 2.21. The van der Waals surface area contributed by atoms with E-state index < -0.39 is 25.8 Å². The molecule has 1 nitrogen and oxygen atoms in total. The van der Waals surface area contributed by atoms with Crippen LogP contribution in [0.5, 0.6) is 0 Å². The van der Waals surface area contributed by atoms with Gasteiger partial charge < -0.3 is 0 Å². The molecule has 2 heteroatoms. The maximum atomic E-state index is 7.18. The van der Waals surface area contributed by atoms with Crippen molar-refractivity contribution in [1.29, 1.82) is 0 Å². The van der Waals surface area contributed by atoms with Crippen LogP contribution in [0.2, 0.25) is 0 Å². The van der Waals surface area contributed by atoms with Gasteiger partial charge in [0.15, 0.2) is 0 Å². The Kier molecular flexibility index (Phi) is 5.94. The Hall–Kier alpha value is -2.36. The quantitative estimate of drug-likeness (QED) is 0.369. The second kappa shape index (κ2) is 8.76. The van der Waals surface area contributed by atoms with Crippen LogP contribution in [0.1, 0.15) is 18.1 Å². The number of rotatable bonds is 6. The molecule has 28 heavy (non-hydrogen) atoms. The van der Waals surface area contributed by atoms with Gasteiger partial charge in [-0.3, -0.25) is 0 Å². The monoisotopic (exact) mass is 471 g/mol. The van der Waals surface area contributed by atoms with Crippen LogP contribution < -0.4 is 7.16 Å². The van der Waals surface area contributed by atoms with Gasteiger partial charge in [-0.1, -0.05) is 0 Å². The average molecular weight is 470 g/mol. The molecule has 1 radical (unpaired) electrons. The van der Waals surface area contributed by atoms with Crippen LogP contribution in [0.3, 0.4) is 0 Å². The predicted molar refractivity (Wildman–Crippen MR) is 118 cm³/mol. The van der Waals surface area contributed by atoms with Crippen LogP contribution in [-0.4, -0.2) is 20.2 Å². The summed E-state index contributed by atoms with van der Waals surface area (Å²) in [6.07, 6.45) is 0. The van der Waals surface area contributed by atoms with Gasteiger partial charge in [-0.15, -0.1) is 0 Å². The predicted octanol–water partition coefficient (Wildman–Crippen LogP) is 4.77. The Morgan fingerprint density at radius 2 is 0.821 bits per heavy atom. The Morgan fingerprint density at radius 3 is 1.18 bits per heavy atom. The molecule has 137 valence electrons. The Bertz CT molecular complexity index is 907. The van der Waals surface area contributed by atoms with Crippen molar-refractivity contribution in [3.8, 4) is 0 Å². The van der Waals surface area contributed by atoms with Crippen LogP contribution in [0.15, 0.2) is 121 Å². The zero-order valence-corrected chi connectivity index (χ0v) is 18.8. The summed E-state index contributed by atoms with van der Waals surface area (Å²) in [4.78, 5) is 0. The van der Waals surface area contributed by atoms with Crippen molar-refractivity contribution in [2.45, 2.75) is 12.5 Å². The molecule has 0 unspecified atom stereocenters. The van der Waals surface area contributed by atoms with E-state index in [1.165, 1.54) is 18.3 Å². The van der Waals surface area contributed by atoms with Crippen molar-refractivity contribution >= 4 is 27.3 Å². The van der Waals surface area contributed by atoms with Crippen molar-refractivity contribution in [2.24, 2.45) is 0 Å². The number of benzene rings is 4. The molecule has 0 fully saturated rings. The molecule has 0 N–H and O–H groups in total. The Morgan fingerprint density at radius 1 is 0.500 bits per heavy atom. The summed E-state index contributed by atoms with van der Waals surface area (Å²) in [5, 5.41) is 0. The molecule has 0 aliphatic carbocycles. The molecule has 4 rings (SSSR count). The van der Waals surface area contributed by atoms with Gasteiger partial charge in [0.2, 0.25) is 0 Å². The summed E-state index contributed by atoms with van der Waals surface area (Å²) >= 11 is -2.64. The van der Waals surface area contributed by atoms with Gasteiger partial charge in [0.25, 0.3) is 0 Å². The van der Waals surface area contributed by atoms with Gasteiger partial charge in [-0.25, -0.2) is 0 Å². The normalized spacial score (nSPS) is 11.5. The first-order chi connectivity index (χ1) is 13.8. The van der Waals surface area contributed by atoms with Crippen molar-refractivity contribution in [1.82, 2.24) is 0 Å². The van der Waals surface area contributed by atoms with E-state index in [4.69, 9.17) is 3.07 Å². The van der Waals surface area contributed by atoms with Crippen LogP contribution in [0.25, 0.3) is 0 Å². The molecule has 0 saturated carbocycles. The van der Waals surface area contributed by atoms with Crippen LogP contribution in [0.4, 0.5) is 0 Å². The molecule has 0 aromatic heterocycles. The third kappa shape index (κ3) is 4.06. The fourth-order valence-electron chi connectivity index (χ4n) is 3.46. The maximum absolute atomic E-state index is 7.18. The first kappa shape index (κ1) is 19.0. The summed E-state index contributed by atoms with van der Waals surface area (Å²) in [5.41, 5.74) is 1.88. The van der Waals surface area contributed by atoms with Gasteiger partial charge in [-0.2, -0.15) is 0 Å². The molecule has 0 spiro atoms. The van der Waals surface area contributed by atoms with Crippen LogP contribution >= 0.6 is 0 Å². The first-order valence-electron chi connectivity index (χ1n) is 9.55. The van der Waals surface area contributed by atoms with Crippen molar-refractivity contribution in [3.05, 3.63) is 132 Å². The fourth-order valence-corrected chi connectivity index (χ4v) is 9.75. The number of hydrogen-bond acceptors (Lipinski definition) is 1. The van der Waals surface area contributed by atoms with Crippen LogP contribution in [-0.2, 0) is 8.68 Å². The van der Waals surface area contributed by atoms with E-state index in [1.54, 1.807) is 0 Å². The van der Waals surface area contributed by atoms with E-state index in [9.17, 15) is 0 Å². The third-order valence-electron chi connectivity index (χ3n) is 5.03. The molecule has 0 amide bonds. The second-order valence-corrected chi connectivity index (χ2v) is 12.7. The van der Waals surface area contributed by atoms with Gasteiger partial charge in [0, 0.05) is 0 Å². The summed E-state index contributed by atoms with van der Waals surface area (Å²) in [7, 11) is 0. The van der Waals surface area contributed by atoms with Gasteiger partial charge >= 0.3 is 175 Å². The van der Waals surface area contributed by atoms with E-state index in [1.807, 2.05) is 0 Å². The van der Waals surface area contributed by atoms with E-state index in [0.29, 0.717) is 0 Å². The molecule has 0 heterocycles. The van der Waals surface area contributed by atoms with E-state index >= 15 is 0 Å². The second-order valence-electron chi connectivity index (χ2n) is 6.93. The average Bonchev–Trinajstić information content (AvgIpc) is 2.80. The van der Waals surface area contributed by atoms with Crippen molar-refractivity contribution < 1.29 is 3.07 Å². The molecule has 0 aliphatic rings. The third-order valence-corrected chi connectivity index (χ3v) is 11.7. The zero-order chi connectivity index (χ0) is 19.2. The molecule has 4 aromatic rings. The van der Waals surface area contributed by atoms with Gasteiger partial charge in [0.05, 0.1) is 0 Å². The zero-order valence-electron chi connectivity index (χ0n) is 16.0. The minimum absolute atomic E-state index is 0.497. The van der Waals surface area contributed by atoms with Gasteiger partial charge in [-0.05, 0) is 0 Å². The van der Waals surface area contributed by atoms with Gasteiger partial charge in [0.1, 0.15) is 0 Å². The molecular formula is C26H23OSn. The molecule has 4 aromatic carbocycles. The topological polar surface area (TPSA) is 9.23 Å². The summed E-state index contributed by atoms with van der Waals surface area (Å²) < 4.78 is 9.86. The standard InChI is InChI=1S/C14H13O.2C6H5.Sn/c1-14(15,12-8-4-2-5-9-12)13-10-6-3-7-11-13;2*1-2-4-6-5-3-1;/h2-11H,1H3;2*1-5H;/q-1;;;+1. The van der Waals surface area contributed by atoms with Crippen molar-refractivity contribution in [3.63, 3.8) is 0 Å².